The molecule has 0 saturated heterocycles. The van der Waals surface area contributed by atoms with Gasteiger partial charge in [-0.25, -0.2) is 13.9 Å². The molecule has 1 saturated carbocycles. The van der Waals surface area contributed by atoms with Crippen LogP contribution in [0.25, 0.3) is 16.4 Å². The van der Waals surface area contributed by atoms with Gasteiger partial charge in [0, 0.05) is 35.8 Å². The molecule has 3 aromatic heterocycles. The maximum atomic E-state index is 13.6. The van der Waals surface area contributed by atoms with Gasteiger partial charge in [0.25, 0.3) is 0 Å². The molecule has 3 unspecified atom stereocenters. The molecular formula is C26H26FN7O2. The van der Waals surface area contributed by atoms with Crippen LogP contribution in [0.5, 0.6) is 5.75 Å². The van der Waals surface area contributed by atoms with Crippen molar-refractivity contribution >= 4 is 27.9 Å². The molecule has 10 heteroatoms. The van der Waals surface area contributed by atoms with Crippen LogP contribution in [0.15, 0.2) is 67.3 Å². The number of halogens is 1. The van der Waals surface area contributed by atoms with Crippen LogP contribution in [0.1, 0.15) is 24.8 Å². The maximum absolute atomic E-state index is 13.6. The number of aromatic nitrogens is 5. The van der Waals surface area contributed by atoms with Crippen molar-refractivity contribution in [1.29, 1.82) is 0 Å². The largest absolute Gasteiger partial charge is 0.488 e. The fourth-order valence-electron chi connectivity index (χ4n) is 4.78. The van der Waals surface area contributed by atoms with Crippen molar-refractivity contribution in [2.45, 2.75) is 44.1 Å². The van der Waals surface area contributed by atoms with Crippen LogP contribution in [0.3, 0.4) is 0 Å². The molecule has 4 N–H and O–H groups in total. The van der Waals surface area contributed by atoms with Gasteiger partial charge < -0.3 is 20.9 Å². The van der Waals surface area contributed by atoms with Crippen LogP contribution in [-0.2, 0) is 6.54 Å². The summed E-state index contributed by atoms with van der Waals surface area (Å²) in [5.74, 6) is 1.01. The molecular weight excluding hydrogens is 461 g/mol. The van der Waals surface area contributed by atoms with Gasteiger partial charge in [-0.05, 0) is 48.7 Å². The summed E-state index contributed by atoms with van der Waals surface area (Å²) in [6, 6.07) is 14.0. The van der Waals surface area contributed by atoms with Crippen molar-refractivity contribution in [3.05, 3.63) is 78.6 Å². The average Bonchev–Trinajstić information content (AvgIpc) is 3.46. The van der Waals surface area contributed by atoms with Gasteiger partial charge in [-0.3, -0.25) is 4.68 Å². The average molecular weight is 488 g/mol. The van der Waals surface area contributed by atoms with E-state index in [1.807, 2.05) is 41.2 Å². The predicted octanol–water partition coefficient (Wildman–Crippen LogP) is 3.63. The van der Waals surface area contributed by atoms with E-state index >= 15 is 0 Å². The number of fused-ring (bicyclic) bond motifs is 2. The molecule has 184 valence electrons. The van der Waals surface area contributed by atoms with E-state index in [1.165, 1.54) is 18.5 Å². The van der Waals surface area contributed by atoms with Crippen LogP contribution in [0.4, 0.5) is 15.9 Å². The topological polar surface area (TPSA) is 116 Å². The number of nitrogens with two attached hydrogens (primary N) is 1. The van der Waals surface area contributed by atoms with E-state index in [-0.39, 0.29) is 18.0 Å². The van der Waals surface area contributed by atoms with Crippen molar-refractivity contribution in [2.75, 3.05) is 5.32 Å². The Bertz CT molecular complexity index is 1530. The smallest absolute Gasteiger partial charge is 0.162 e. The summed E-state index contributed by atoms with van der Waals surface area (Å²) in [7, 11) is 0. The van der Waals surface area contributed by atoms with Crippen molar-refractivity contribution in [1.82, 2.24) is 24.4 Å². The molecule has 1 fully saturated rings. The van der Waals surface area contributed by atoms with Gasteiger partial charge in [-0.2, -0.15) is 10.2 Å². The lowest BCUT2D eigenvalue weighted by Gasteiger charge is -2.31. The Morgan fingerprint density at radius 2 is 2.06 bits per heavy atom. The first-order chi connectivity index (χ1) is 17.5. The summed E-state index contributed by atoms with van der Waals surface area (Å²) in [6.45, 7) is 0.479. The quantitative estimate of drug-likeness (QED) is 0.335. The fourth-order valence-corrected chi connectivity index (χ4v) is 4.78. The highest BCUT2D eigenvalue weighted by Gasteiger charge is 2.28. The van der Waals surface area contributed by atoms with E-state index in [0.717, 1.165) is 34.1 Å². The minimum Gasteiger partial charge on any atom is -0.488 e. The molecule has 2 aromatic carbocycles. The molecule has 1 aliphatic carbocycles. The number of ether oxygens (including phenoxy) is 1. The number of nitrogens with zero attached hydrogens (tertiary/aromatic N) is 5. The van der Waals surface area contributed by atoms with E-state index in [0.29, 0.717) is 31.0 Å². The molecule has 5 aromatic rings. The summed E-state index contributed by atoms with van der Waals surface area (Å²) < 4.78 is 23.4. The molecule has 0 amide bonds. The Kier molecular flexibility index (Phi) is 5.74. The number of anilines is 2. The van der Waals surface area contributed by atoms with Crippen LogP contribution in [0.2, 0.25) is 0 Å². The second kappa shape index (κ2) is 9.21. The summed E-state index contributed by atoms with van der Waals surface area (Å²) in [6.07, 6.45) is 6.49. The number of hydrogen-bond donors (Lipinski definition) is 3. The van der Waals surface area contributed by atoms with E-state index in [4.69, 9.17) is 10.5 Å². The molecule has 1 aliphatic rings. The van der Waals surface area contributed by atoms with Gasteiger partial charge >= 0.3 is 0 Å². The minimum absolute atomic E-state index is 0.0806. The van der Waals surface area contributed by atoms with Crippen molar-refractivity contribution in [3.8, 4) is 5.75 Å². The minimum atomic E-state index is -0.482. The molecule has 36 heavy (non-hydrogen) atoms. The monoisotopic (exact) mass is 487 g/mol. The van der Waals surface area contributed by atoms with Crippen LogP contribution in [0, 0.1) is 5.82 Å². The normalized spacial score (nSPS) is 20.1. The van der Waals surface area contributed by atoms with Crippen LogP contribution in [-0.4, -0.2) is 47.7 Å². The Morgan fingerprint density at radius 3 is 2.92 bits per heavy atom. The van der Waals surface area contributed by atoms with Gasteiger partial charge in [0.1, 0.15) is 23.8 Å². The first-order valence-corrected chi connectivity index (χ1v) is 11.9. The summed E-state index contributed by atoms with van der Waals surface area (Å²) in [5, 5.41) is 23.1. The third kappa shape index (κ3) is 4.36. The Labute approximate surface area is 206 Å². The van der Waals surface area contributed by atoms with Crippen molar-refractivity contribution in [2.24, 2.45) is 5.73 Å². The van der Waals surface area contributed by atoms with Crippen molar-refractivity contribution in [3.63, 3.8) is 0 Å². The van der Waals surface area contributed by atoms with Crippen molar-refractivity contribution < 1.29 is 14.2 Å². The summed E-state index contributed by atoms with van der Waals surface area (Å²) >= 11 is 0. The van der Waals surface area contributed by atoms with Gasteiger partial charge in [0.15, 0.2) is 11.6 Å². The second-order valence-electron chi connectivity index (χ2n) is 9.20. The lowest BCUT2D eigenvalue weighted by atomic mass is 9.91. The summed E-state index contributed by atoms with van der Waals surface area (Å²) in [4.78, 5) is 4.46. The first-order valence-electron chi connectivity index (χ1n) is 11.9. The number of aliphatic hydroxyl groups excluding tert-OH is 1. The number of benzene rings is 2. The number of hydrogen-bond acceptors (Lipinski definition) is 7. The highest BCUT2D eigenvalue weighted by molar-refractivity contribution is 5.86. The fraction of sp³-hybridized carbons (Fsp3) is 0.269. The number of aliphatic hydroxyl groups is 1. The van der Waals surface area contributed by atoms with Gasteiger partial charge in [0.2, 0.25) is 0 Å². The highest BCUT2D eigenvalue weighted by atomic mass is 19.1. The Balaban J connectivity index is 1.25. The third-order valence-electron chi connectivity index (χ3n) is 6.65. The molecule has 3 atom stereocenters. The van der Waals surface area contributed by atoms with Gasteiger partial charge in [0.05, 0.1) is 24.4 Å². The number of rotatable bonds is 6. The standard InChI is InChI=1S/C26H26FN7O2/c27-18-3-1-2-16(10-18)14-34-22-6-4-19(11-17(22)13-30-34)32-26-25-24(8-9-33(25)31-15-29-26)36-20-5-7-23(35)21(28)12-20/h1-4,6,8-11,13,15,20-21,23,35H,5,7,12,14,28H2,(H,29,31,32). The summed E-state index contributed by atoms with van der Waals surface area (Å²) in [5.41, 5.74) is 9.39. The molecule has 3 heterocycles. The van der Waals surface area contributed by atoms with Crippen LogP contribution >= 0.6 is 0 Å². The zero-order valence-electron chi connectivity index (χ0n) is 19.5. The van der Waals surface area contributed by atoms with E-state index < -0.39 is 6.10 Å². The highest BCUT2D eigenvalue weighted by Crippen LogP contribution is 2.32. The molecule has 0 bridgehead atoms. The lowest BCUT2D eigenvalue weighted by molar-refractivity contribution is 0.0499. The Hall–Kier alpha value is -4.02. The Morgan fingerprint density at radius 1 is 1.14 bits per heavy atom. The molecule has 0 radical (unpaired) electrons. The van der Waals surface area contributed by atoms with E-state index in [1.54, 1.807) is 16.8 Å². The van der Waals surface area contributed by atoms with E-state index in [9.17, 15) is 9.50 Å². The predicted molar refractivity (Wildman–Crippen MR) is 134 cm³/mol. The van der Waals surface area contributed by atoms with Gasteiger partial charge in [-0.15, -0.1) is 0 Å². The molecule has 0 aliphatic heterocycles. The number of nitrogens with one attached hydrogen (secondary N) is 1. The second-order valence-corrected chi connectivity index (χ2v) is 9.20. The first kappa shape index (κ1) is 22.4. The molecule has 9 nitrogen and oxygen atoms in total. The SMILES string of the molecule is NC1CC(Oc2ccn3ncnc(Nc4ccc5c(cnn5Cc5cccc(F)c5)c4)c23)CCC1O. The van der Waals surface area contributed by atoms with Gasteiger partial charge in [-0.1, -0.05) is 12.1 Å². The van der Waals surface area contributed by atoms with Crippen LogP contribution < -0.4 is 15.8 Å². The molecule has 0 spiro atoms. The molecule has 6 rings (SSSR count). The zero-order chi connectivity index (χ0) is 24.6. The lowest BCUT2D eigenvalue weighted by Crippen LogP contribution is -2.43. The van der Waals surface area contributed by atoms with E-state index in [2.05, 4.69) is 20.5 Å². The zero-order valence-corrected chi connectivity index (χ0v) is 19.5. The maximum Gasteiger partial charge on any atom is 0.162 e. The third-order valence-corrected chi connectivity index (χ3v) is 6.65.